The lowest BCUT2D eigenvalue weighted by atomic mass is 10.2. The number of benzene rings is 2. The monoisotopic (exact) mass is 501 g/mol. The molecule has 0 unspecified atom stereocenters. The molecule has 2 aromatic rings. The largest absolute Gasteiger partial charge is 0.412 e. The summed E-state index contributed by atoms with van der Waals surface area (Å²) in [6.45, 7) is 2.12. The maximum Gasteiger partial charge on any atom is 0.412 e. The van der Waals surface area contributed by atoms with Crippen LogP contribution in [0, 0.1) is 5.82 Å². The van der Waals surface area contributed by atoms with Gasteiger partial charge in [0.2, 0.25) is 9.84 Å². The molecule has 0 heterocycles. The number of carbonyl (C=O) groups is 1. The lowest BCUT2D eigenvalue weighted by molar-refractivity contribution is -0.0913. The molecule has 2 aromatic carbocycles. The Bertz CT molecular complexity index is 1230. The highest BCUT2D eigenvalue weighted by Gasteiger charge is 2.32. The van der Waals surface area contributed by atoms with E-state index in [1.54, 1.807) is 6.92 Å². The van der Waals surface area contributed by atoms with E-state index in [1.807, 2.05) is 0 Å². The molecular weight excluding hydrogens is 482 g/mol. The van der Waals surface area contributed by atoms with Crippen LogP contribution >= 0.6 is 11.6 Å². The molecule has 0 aromatic heterocycles. The number of alkyl halides is 3. The van der Waals surface area contributed by atoms with Crippen LogP contribution in [-0.4, -0.2) is 20.5 Å². The number of allylic oxidation sites excluding steroid dienone is 5. The Morgan fingerprint density at radius 3 is 2.42 bits per heavy atom. The Morgan fingerprint density at radius 2 is 1.82 bits per heavy atom. The highest BCUT2D eigenvalue weighted by Crippen LogP contribution is 2.30. The molecule has 2 rings (SSSR count). The number of sulfone groups is 1. The molecule has 0 atom stereocenters. The van der Waals surface area contributed by atoms with Gasteiger partial charge in [0.1, 0.15) is 5.82 Å². The SMILES string of the molecule is CC=CC=C(C=C(C)C(F)(F)F)S(=O)(=O)c1ccccc1CNC(=O)c1ccc(F)c(Cl)c1. The first-order valence-electron chi connectivity index (χ1n) is 9.52. The van der Waals surface area contributed by atoms with Crippen LogP contribution in [0.25, 0.3) is 0 Å². The smallest absolute Gasteiger partial charge is 0.348 e. The Hall–Kier alpha value is -2.91. The van der Waals surface area contributed by atoms with Gasteiger partial charge in [0.15, 0.2) is 0 Å². The third-order valence-corrected chi connectivity index (χ3v) is 6.59. The minimum Gasteiger partial charge on any atom is -0.348 e. The molecule has 0 radical (unpaired) electrons. The predicted octanol–water partition coefficient (Wildman–Crippen LogP) is 6.15. The summed E-state index contributed by atoms with van der Waals surface area (Å²) in [5, 5.41) is 2.25. The molecule has 0 aliphatic rings. The van der Waals surface area contributed by atoms with Crippen molar-refractivity contribution in [3.8, 4) is 0 Å². The molecule has 0 aliphatic carbocycles. The first-order valence-corrected chi connectivity index (χ1v) is 11.4. The zero-order chi connectivity index (χ0) is 24.8. The summed E-state index contributed by atoms with van der Waals surface area (Å²) in [4.78, 5) is 11.6. The van der Waals surface area contributed by atoms with Crippen LogP contribution < -0.4 is 5.32 Å². The Balaban J connectivity index is 2.42. The van der Waals surface area contributed by atoms with Gasteiger partial charge in [0, 0.05) is 17.7 Å². The van der Waals surface area contributed by atoms with E-state index < -0.39 is 38.2 Å². The van der Waals surface area contributed by atoms with E-state index in [0.717, 1.165) is 25.1 Å². The second-order valence-corrected chi connectivity index (χ2v) is 9.17. The summed E-state index contributed by atoms with van der Waals surface area (Å²) in [6.07, 6.45) is -0.276. The molecule has 176 valence electrons. The molecule has 33 heavy (non-hydrogen) atoms. The van der Waals surface area contributed by atoms with Crippen molar-refractivity contribution in [2.24, 2.45) is 0 Å². The van der Waals surface area contributed by atoms with E-state index in [0.29, 0.717) is 6.08 Å². The number of carbonyl (C=O) groups excluding carboxylic acids is 1. The van der Waals surface area contributed by atoms with E-state index in [9.17, 15) is 30.8 Å². The fourth-order valence-corrected chi connectivity index (χ4v) is 4.42. The zero-order valence-electron chi connectivity index (χ0n) is 17.6. The van der Waals surface area contributed by atoms with E-state index in [-0.39, 0.29) is 27.6 Å². The average Bonchev–Trinajstić information content (AvgIpc) is 2.76. The first-order chi connectivity index (χ1) is 15.4. The maximum atomic E-state index is 13.3. The molecule has 0 aliphatic heterocycles. The molecule has 10 heteroatoms. The first kappa shape index (κ1) is 26.3. The van der Waals surface area contributed by atoms with Crippen molar-refractivity contribution in [3.63, 3.8) is 0 Å². The van der Waals surface area contributed by atoms with Crippen LogP contribution in [0.5, 0.6) is 0 Å². The molecule has 0 spiro atoms. The molecule has 1 amide bonds. The van der Waals surface area contributed by atoms with Crippen molar-refractivity contribution in [3.05, 3.63) is 99.2 Å². The van der Waals surface area contributed by atoms with Crippen LogP contribution in [0.4, 0.5) is 17.6 Å². The predicted molar refractivity (Wildman–Crippen MR) is 119 cm³/mol. The van der Waals surface area contributed by atoms with E-state index in [2.05, 4.69) is 5.32 Å². The number of hydrogen-bond donors (Lipinski definition) is 1. The van der Waals surface area contributed by atoms with Crippen molar-refractivity contribution >= 4 is 27.3 Å². The van der Waals surface area contributed by atoms with Gasteiger partial charge >= 0.3 is 6.18 Å². The lowest BCUT2D eigenvalue weighted by Gasteiger charge is -2.14. The molecule has 0 fully saturated rings. The Kier molecular flexibility index (Phi) is 8.63. The molecule has 0 saturated heterocycles. The van der Waals surface area contributed by atoms with Gasteiger partial charge in [-0.1, -0.05) is 42.0 Å². The zero-order valence-corrected chi connectivity index (χ0v) is 19.2. The summed E-state index contributed by atoms with van der Waals surface area (Å²) in [6, 6.07) is 8.97. The van der Waals surface area contributed by atoms with Crippen LogP contribution in [0.2, 0.25) is 5.02 Å². The topological polar surface area (TPSA) is 63.2 Å². The number of hydrogen-bond acceptors (Lipinski definition) is 3. The van der Waals surface area contributed by atoms with Crippen molar-refractivity contribution < 1.29 is 30.8 Å². The Labute approximate surface area is 194 Å². The molecule has 0 saturated carbocycles. The lowest BCUT2D eigenvalue weighted by Crippen LogP contribution is -2.24. The second kappa shape index (κ2) is 10.8. The third kappa shape index (κ3) is 6.79. The van der Waals surface area contributed by atoms with E-state index >= 15 is 0 Å². The fourth-order valence-electron chi connectivity index (χ4n) is 2.66. The molecule has 1 N–H and O–H groups in total. The van der Waals surface area contributed by atoms with Crippen molar-refractivity contribution in [1.82, 2.24) is 5.32 Å². The average molecular weight is 502 g/mol. The van der Waals surface area contributed by atoms with Gasteiger partial charge in [-0.3, -0.25) is 4.79 Å². The molecule has 4 nitrogen and oxygen atoms in total. The van der Waals surface area contributed by atoms with Gasteiger partial charge in [-0.25, -0.2) is 12.8 Å². The van der Waals surface area contributed by atoms with Gasteiger partial charge in [-0.05, 0) is 55.8 Å². The van der Waals surface area contributed by atoms with Crippen molar-refractivity contribution in [2.45, 2.75) is 31.5 Å². The van der Waals surface area contributed by atoms with E-state index in [1.165, 1.54) is 42.5 Å². The number of rotatable bonds is 7. The van der Waals surface area contributed by atoms with Crippen LogP contribution in [0.1, 0.15) is 29.8 Å². The molecular formula is C23H20ClF4NO3S. The van der Waals surface area contributed by atoms with Crippen LogP contribution in [0.15, 0.2) is 82.1 Å². The van der Waals surface area contributed by atoms with Gasteiger partial charge in [0.25, 0.3) is 5.91 Å². The minimum atomic E-state index is -4.70. The minimum absolute atomic E-state index is 0.0548. The standard InChI is InChI=1S/C23H20ClF4NO3S/c1-3-4-8-18(12-15(2)23(26,27)28)33(31,32)21-9-6-5-7-17(21)14-29-22(30)16-10-11-20(25)19(24)13-16/h3-13H,14H2,1-2H3,(H,29,30). The van der Waals surface area contributed by atoms with Crippen LogP contribution in [-0.2, 0) is 16.4 Å². The number of halogens is 5. The summed E-state index contributed by atoms with van der Waals surface area (Å²) < 4.78 is 78.9. The highest BCUT2D eigenvalue weighted by molar-refractivity contribution is 7.95. The van der Waals surface area contributed by atoms with Gasteiger partial charge in [0.05, 0.1) is 14.8 Å². The fraction of sp³-hybridized carbons (Fsp3) is 0.174. The second-order valence-electron chi connectivity index (χ2n) is 6.84. The third-order valence-electron chi connectivity index (χ3n) is 4.45. The van der Waals surface area contributed by atoms with Crippen LogP contribution in [0.3, 0.4) is 0 Å². The quantitative estimate of drug-likeness (QED) is 0.365. The summed E-state index contributed by atoms with van der Waals surface area (Å²) in [5.74, 6) is -1.34. The Morgan fingerprint density at radius 1 is 1.15 bits per heavy atom. The summed E-state index contributed by atoms with van der Waals surface area (Å²) in [7, 11) is -4.37. The number of nitrogens with one attached hydrogen (secondary N) is 1. The summed E-state index contributed by atoms with van der Waals surface area (Å²) in [5.41, 5.74) is -0.872. The maximum absolute atomic E-state index is 13.3. The van der Waals surface area contributed by atoms with E-state index in [4.69, 9.17) is 11.6 Å². The van der Waals surface area contributed by atoms with Gasteiger partial charge in [-0.2, -0.15) is 13.2 Å². The molecule has 0 bridgehead atoms. The number of amides is 1. The highest BCUT2D eigenvalue weighted by atomic mass is 35.5. The normalized spacial score (nSPS) is 13.4. The summed E-state index contributed by atoms with van der Waals surface area (Å²) >= 11 is 5.68. The van der Waals surface area contributed by atoms with Crippen molar-refractivity contribution in [1.29, 1.82) is 0 Å². The van der Waals surface area contributed by atoms with Gasteiger partial charge < -0.3 is 5.32 Å². The van der Waals surface area contributed by atoms with Gasteiger partial charge in [-0.15, -0.1) is 0 Å². The van der Waals surface area contributed by atoms with Crippen molar-refractivity contribution in [2.75, 3.05) is 0 Å².